The smallest absolute Gasteiger partial charge is 0.185 e. The number of aryl methyl sites for hydroxylation is 1. The van der Waals surface area contributed by atoms with Crippen LogP contribution in [-0.2, 0) is 5.41 Å². The van der Waals surface area contributed by atoms with Crippen LogP contribution in [0.4, 0.5) is 0 Å². The third kappa shape index (κ3) is 4.18. The van der Waals surface area contributed by atoms with Gasteiger partial charge in [-0.2, -0.15) is 0 Å². The number of benzene rings is 3. The van der Waals surface area contributed by atoms with Crippen molar-refractivity contribution < 1.29 is 9.90 Å². The van der Waals surface area contributed by atoms with E-state index in [1.807, 2.05) is 48.5 Å². The second kappa shape index (κ2) is 8.38. The van der Waals surface area contributed by atoms with E-state index in [4.69, 9.17) is 0 Å². The Balaban J connectivity index is 1.72. The normalized spacial score (nSPS) is 18.4. The Hall–Kier alpha value is -3.65. The van der Waals surface area contributed by atoms with Gasteiger partial charge >= 0.3 is 0 Å². The van der Waals surface area contributed by atoms with Crippen molar-refractivity contribution in [2.75, 3.05) is 0 Å². The van der Waals surface area contributed by atoms with Gasteiger partial charge < -0.3 is 5.11 Å². The van der Waals surface area contributed by atoms with Crippen LogP contribution in [0.3, 0.4) is 0 Å². The summed E-state index contributed by atoms with van der Waals surface area (Å²) in [7, 11) is 0. The Labute approximate surface area is 177 Å². The second-order valence-corrected chi connectivity index (χ2v) is 7.74. The van der Waals surface area contributed by atoms with Crippen molar-refractivity contribution in [2.24, 2.45) is 0 Å². The van der Waals surface area contributed by atoms with Crippen LogP contribution in [-0.4, -0.2) is 10.9 Å². The van der Waals surface area contributed by atoms with Crippen LogP contribution in [0.5, 0.6) is 5.75 Å². The van der Waals surface area contributed by atoms with E-state index in [-0.39, 0.29) is 11.5 Å². The summed E-state index contributed by atoms with van der Waals surface area (Å²) in [6, 6.07) is 25.1. The Morgan fingerprint density at radius 3 is 2.33 bits per heavy atom. The minimum atomic E-state index is -0.465. The molecule has 1 N–H and O–H groups in total. The van der Waals surface area contributed by atoms with E-state index in [1.165, 1.54) is 16.7 Å². The van der Waals surface area contributed by atoms with Crippen molar-refractivity contribution >= 4 is 11.4 Å². The highest BCUT2D eigenvalue weighted by molar-refractivity contribution is 6.04. The minimum Gasteiger partial charge on any atom is -0.508 e. The molecule has 0 aromatic heterocycles. The molecule has 0 saturated heterocycles. The van der Waals surface area contributed by atoms with Gasteiger partial charge in [0.15, 0.2) is 5.78 Å². The molecule has 30 heavy (non-hydrogen) atoms. The molecule has 4 rings (SSSR count). The molecule has 0 fully saturated rings. The molecule has 0 spiro atoms. The molecule has 0 radical (unpaired) electrons. The highest BCUT2D eigenvalue weighted by Crippen LogP contribution is 2.41. The highest BCUT2D eigenvalue weighted by atomic mass is 16.3. The predicted molar refractivity (Wildman–Crippen MR) is 123 cm³/mol. The van der Waals surface area contributed by atoms with Crippen molar-refractivity contribution in [3.8, 4) is 5.75 Å². The summed E-state index contributed by atoms with van der Waals surface area (Å²) in [6.07, 6.45) is 10.7. The molecule has 1 aliphatic rings. The predicted octanol–water partition coefficient (Wildman–Crippen LogP) is 6.42. The molecular weight excluding hydrogens is 368 g/mol. The van der Waals surface area contributed by atoms with Crippen LogP contribution in [0.1, 0.15) is 33.5 Å². The van der Waals surface area contributed by atoms with E-state index in [9.17, 15) is 9.90 Å². The SMILES string of the molecule is Cc1ccc(C2=CC=CC(C=CC(=O)c3ccccc3)(c3ccc(O)cc3)C2)cc1. The quantitative estimate of drug-likeness (QED) is 0.402. The fourth-order valence-electron chi connectivity index (χ4n) is 3.84. The molecular formula is C28H24O2. The number of phenols is 1. The second-order valence-electron chi connectivity index (χ2n) is 7.74. The summed E-state index contributed by atoms with van der Waals surface area (Å²) in [6.45, 7) is 2.08. The van der Waals surface area contributed by atoms with Gasteiger partial charge in [-0.1, -0.05) is 96.6 Å². The zero-order valence-corrected chi connectivity index (χ0v) is 17.0. The molecule has 0 saturated carbocycles. The van der Waals surface area contributed by atoms with Crippen molar-refractivity contribution in [1.82, 2.24) is 0 Å². The number of phenolic OH excluding ortho intramolecular Hbond substituents is 1. The van der Waals surface area contributed by atoms with Gasteiger partial charge in [-0.15, -0.1) is 0 Å². The van der Waals surface area contributed by atoms with Crippen molar-refractivity contribution in [3.63, 3.8) is 0 Å². The van der Waals surface area contributed by atoms with E-state index in [0.717, 1.165) is 12.0 Å². The lowest BCUT2D eigenvalue weighted by Crippen LogP contribution is -2.23. The van der Waals surface area contributed by atoms with Gasteiger partial charge in [0.1, 0.15) is 5.75 Å². The van der Waals surface area contributed by atoms with Crippen LogP contribution in [0.2, 0.25) is 0 Å². The van der Waals surface area contributed by atoms with Gasteiger partial charge in [0.2, 0.25) is 0 Å². The van der Waals surface area contributed by atoms with Crippen molar-refractivity contribution in [3.05, 3.63) is 131 Å². The van der Waals surface area contributed by atoms with E-state index in [2.05, 4.69) is 49.4 Å². The number of hydrogen-bond donors (Lipinski definition) is 1. The molecule has 1 unspecified atom stereocenters. The molecule has 148 valence electrons. The lowest BCUT2D eigenvalue weighted by atomic mass is 9.71. The van der Waals surface area contributed by atoms with E-state index < -0.39 is 5.41 Å². The number of hydrogen-bond acceptors (Lipinski definition) is 2. The Kier molecular flexibility index (Phi) is 5.49. The molecule has 2 heteroatoms. The summed E-state index contributed by atoms with van der Waals surface area (Å²) < 4.78 is 0. The number of carbonyl (C=O) groups excluding carboxylic acids is 1. The standard InChI is InChI=1S/C28H24O2/c1-21-9-11-22(12-10-21)24-8-5-18-28(20-24,25-13-15-26(29)16-14-25)19-17-27(30)23-6-3-2-4-7-23/h2-19,29H,20H2,1H3. The highest BCUT2D eigenvalue weighted by Gasteiger charge is 2.30. The number of rotatable bonds is 5. The average molecular weight is 392 g/mol. The minimum absolute atomic E-state index is 0.0198. The summed E-state index contributed by atoms with van der Waals surface area (Å²) in [5.41, 5.74) is 4.85. The summed E-state index contributed by atoms with van der Waals surface area (Å²) in [4.78, 5) is 12.7. The third-order valence-corrected chi connectivity index (χ3v) is 5.59. The molecule has 0 bridgehead atoms. The number of ketones is 1. The average Bonchev–Trinajstić information content (AvgIpc) is 2.79. The topological polar surface area (TPSA) is 37.3 Å². The number of aromatic hydroxyl groups is 1. The zero-order valence-electron chi connectivity index (χ0n) is 17.0. The van der Waals surface area contributed by atoms with Gasteiger partial charge in [0.25, 0.3) is 0 Å². The maximum absolute atomic E-state index is 12.7. The summed E-state index contributed by atoms with van der Waals surface area (Å²) in [5, 5.41) is 9.76. The van der Waals surface area contributed by atoms with Gasteiger partial charge in [0.05, 0.1) is 0 Å². The van der Waals surface area contributed by atoms with Crippen molar-refractivity contribution in [1.29, 1.82) is 0 Å². The van der Waals surface area contributed by atoms with E-state index >= 15 is 0 Å². The Morgan fingerprint density at radius 2 is 1.63 bits per heavy atom. The van der Waals surface area contributed by atoms with Crippen LogP contribution >= 0.6 is 0 Å². The van der Waals surface area contributed by atoms with Gasteiger partial charge in [0, 0.05) is 11.0 Å². The molecule has 0 amide bonds. The molecule has 1 aliphatic carbocycles. The van der Waals surface area contributed by atoms with E-state index in [0.29, 0.717) is 5.56 Å². The fraction of sp³-hybridized carbons (Fsp3) is 0.107. The molecule has 2 nitrogen and oxygen atoms in total. The first-order chi connectivity index (χ1) is 14.6. The lowest BCUT2D eigenvalue weighted by Gasteiger charge is -2.32. The van der Waals surface area contributed by atoms with E-state index in [1.54, 1.807) is 18.2 Å². The Bertz CT molecular complexity index is 1120. The monoisotopic (exact) mass is 392 g/mol. The summed E-state index contributed by atoms with van der Waals surface area (Å²) >= 11 is 0. The lowest BCUT2D eigenvalue weighted by molar-refractivity contribution is 0.104. The van der Waals surface area contributed by atoms with Crippen LogP contribution in [0, 0.1) is 6.92 Å². The molecule has 3 aromatic rings. The first-order valence-corrected chi connectivity index (χ1v) is 10.1. The van der Waals surface area contributed by atoms with Gasteiger partial charge in [-0.3, -0.25) is 4.79 Å². The van der Waals surface area contributed by atoms with Crippen LogP contribution in [0.15, 0.2) is 109 Å². The third-order valence-electron chi connectivity index (χ3n) is 5.59. The van der Waals surface area contributed by atoms with Gasteiger partial charge in [-0.05, 0) is 48.3 Å². The summed E-state index contributed by atoms with van der Waals surface area (Å²) in [5.74, 6) is 0.209. The zero-order chi connectivity index (χ0) is 21.0. The molecule has 0 aliphatic heterocycles. The molecule has 1 atom stereocenters. The molecule has 0 heterocycles. The van der Waals surface area contributed by atoms with Crippen LogP contribution in [0.25, 0.3) is 5.57 Å². The van der Waals surface area contributed by atoms with Gasteiger partial charge in [-0.25, -0.2) is 0 Å². The number of allylic oxidation sites excluding steroid dienone is 6. The van der Waals surface area contributed by atoms with Crippen molar-refractivity contribution in [2.45, 2.75) is 18.8 Å². The maximum atomic E-state index is 12.7. The molecule has 3 aromatic carbocycles. The first kappa shape index (κ1) is 19.7. The maximum Gasteiger partial charge on any atom is 0.185 e. The van der Waals surface area contributed by atoms with Crippen LogP contribution < -0.4 is 0 Å². The largest absolute Gasteiger partial charge is 0.508 e. The first-order valence-electron chi connectivity index (χ1n) is 10.1. The number of carbonyl (C=O) groups is 1. The Morgan fingerprint density at radius 1 is 0.933 bits per heavy atom. The fourth-order valence-corrected chi connectivity index (χ4v) is 3.84.